The Kier molecular flexibility index (Phi) is 3.78. The molecule has 1 aliphatic carbocycles. The smallest absolute Gasteiger partial charge is 0.0705 e. The Bertz CT molecular complexity index is 308. The SMILES string of the molecule is CC(C)CONC1CCCc2sccc21. The summed E-state index contributed by atoms with van der Waals surface area (Å²) in [5, 5.41) is 2.19. The Morgan fingerprint density at radius 2 is 2.47 bits per heavy atom. The molecule has 1 aliphatic rings. The van der Waals surface area contributed by atoms with Gasteiger partial charge in [-0.15, -0.1) is 11.3 Å². The van der Waals surface area contributed by atoms with Gasteiger partial charge in [0.15, 0.2) is 0 Å². The van der Waals surface area contributed by atoms with E-state index in [-0.39, 0.29) is 0 Å². The van der Waals surface area contributed by atoms with Crippen molar-refractivity contribution in [1.82, 2.24) is 5.48 Å². The summed E-state index contributed by atoms with van der Waals surface area (Å²) in [4.78, 5) is 7.05. The van der Waals surface area contributed by atoms with Crippen LogP contribution in [0.15, 0.2) is 11.4 Å². The zero-order valence-electron chi connectivity index (χ0n) is 9.45. The van der Waals surface area contributed by atoms with Gasteiger partial charge in [0.2, 0.25) is 0 Å². The highest BCUT2D eigenvalue weighted by Gasteiger charge is 2.20. The molecule has 1 N–H and O–H groups in total. The Hall–Kier alpha value is -0.380. The van der Waals surface area contributed by atoms with Crippen molar-refractivity contribution >= 4 is 11.3 Å². The van der Waals surface area contributed by atoms with E-state index in [1.807, 2.05) is 11.3 Å². The molecule has 1 aromatic heterocycles. The molecule has 0 fully saturated rings. The van der Waals surface area contributed by atoms with Gasteiger partial charge in [0.25, 0.3) is 0 Å². The minimum atomic E-state index is 0.416. The summed E-state index contributed by atoms with van der Waals surface area (Å²) in [6.45, 7) is 5.12. The first kappa shape index (κ1) is 11.1. The first-order chi connectivity index (χ1) is 7.27. The molecule has 1 aromatic rings. The average Bonchev–Trinajstić information content (AvgIpc) is 2.65. The van der Waals surface area contributed by atoms with Crippen LogP contribution in [0.5, 0.6) is 0 Å². The van der Waals surface area contributed by atoms with E-state index in [0.29, 0.717) is 12.0 Å². The van der Waals surface area contributed by atoms with E-state index in [1.165, 1.54) is 29.7 Å². The average molecular weight is 225 g/mol. The van der Waals surface area contributed by atoms with Crippen LogP contribution < -0.4 is 5.48 Å². The van der Waals surface area contributed by atoms with Gasteiger partial charge in [-0.25, -0.2) is 0 Å². The molecule has 3 heteroatoms. The molecule has 0 aromatic carbocycles. The molecule has 1 unspecified atom stereocenters. The number of nitrogens with one attached hydrogen (secondary N) is 1. The third-order valence-electron chi connectivity index (χ3n) is 2.69. The number of rotatable bonds is 4. The quantitative estimate of drug-likeness (QED) is 0.794. The van der Waals surface area contributed by atoms with Gasteiger partial charge < -0.3 is 4.84 Å². The molecule has 0 aliphatic heterocycles. The highest BCUT2D eigenvalue weighted by molar-refractivity contribution is 7.10. The third kappa shape index (κ3) is 2.80. The van der Waals surface area contributed by atoms with Gasteiger partial charge in [0, 0.05) is 4.88 Å². The summed E-state index contributed by atoms with van der Waals surface area (Å²) in [7, 11) is 0. The molecule has 15 heavy (non-hydrogen) atoms. The predicted molar refractivity (Wildman–Crippen MR) is 63.9 cm³/mol. The van der Waals surface area contributed by atoms with Crippen molar-refractivity contribution in [1.29, 1.82) is 0 Å². The summed E-state index contributed by atoms with van der Waals surface area (Å²) >= 11 is 1.87. The van der Waals surface area contributed by atoms with E-state index in [2.05, 4.69) is 30.8 Å². The van der Waals surface area contributed by atoms with Gasteiger partial charge in [-0.2, -0.15) is 5.48 Å². The maximum absolute atomic E-state index is 5.52. The maximum atomic E-state index is 5.52. The second kappa shape index (κ2) is 5.10. The number of hydrogen-bond acceptors (Lipinski definition) is 3. The summed E-state index contributed by atoms with van der Waals surface area (Å²) < 4.78 is 0. The van der Waals surface area contributed by atoms with Crippen LogP contribution in [0.3, 0.4) is 0 Å². The zero-order valence-corrected chi connectivity index (χ0v) is 10.3. The fourth-order valence-electron chi connectivity index (χ4n) is 1.92. The van der Waals surface area contributed by atoms with Crippen molar-refractivity contribution in [2.45, 2.75) is 39.2 Å². The number of fused-ring (bicyclic) bond motifs is 1. The standard InChI is InChI=1S/C12H19NOS/c1-9(2)8-14-13-11-4-3-5-12-10(11)6-7-15-12/h6-7,9,11,13H,3-5,8H2,1-2H3. The molecule has 0 saturated carbocycles. The topological polar surface area (TPSA) is 21.3 Å². The maximum Gasteiger partial charge on any atom is 0.0705 e. The molecule has 1 heterocycles. The molecule has 0 bridgehead atoms. The Morgan fingerprint density at radius 1 is 1.60 bits per heavy atom. The second-order valence-corrected chi connectivity index (χ2v) is 5.57. The van der Waals surface area contributed by atoms with Gasteiger partial charge >= 0.3 is 0 Å². The van der Waals surface area contributed by atoms with Crippen molar-refractivity contribution < 1.29 is 4.84 Å². The predicted octanol–water partition coefficient (Wildman–Crippen LogP) is 3.30. The monoisotopic (exact) mass is 225 g/mol. The minimum Gasteiger partial charge on any atom is -0.301 e. The first-order valence-electron chi connectivity index (χ1n) is 5.71. The van der Waals surface area contributed by atoms with E-state index >= 15 is 0 Å². The van der Waals surface area contributed by atoms with E-state index in [9.17, 15) is 0 Å². The zero-order chi connectivity index (χ0) is 10.7. The van der Waals surface area contributed by atoms with E-state index < -0.39 is 0 Å². The molecule has 1 atom stereocenters. The lowest BCUT2D eigenvalue weighted by Crippen LogP contribution is -2.26. The number of hydrogen-bond donors (Lipinski definition) is 1. The van der Waals surface area contributed by atoms with Crippen molar-refractivity contribution in [3.05, 3.63) is 21.9 Å². The second-order valence-electron chi connectivity index (χ2n) is 4.57. The summed E-state index contributed by atoms with van der Waals surface area (Å²) in [5.74, 6) is 0.586. The summed E-state index contributed by atoms with van der Waals surface area (Å²) in [5.41, 5.74) is 4.66. The van der Waals surface area contributed by atoms with Crippen LogP contribution in [0.1, 0.15) is 43.2 Å². The van der Waals surface area contributed by atoms with Gasteiger partial charge in [-0.1, -0.05) is 13.8 Å². The highest BCUT2D eigenvalue weighted by atomic mass is 32.1. The van der Waals surface area contributed by atoms with Crippen LogP contribution in [-0.2, 0) is 11.3 Å². The Labute approximate surface area is 95.6 Å². The summed E-state index contributed by atoms with van der Waals surface area (Å²) in [6, 6.07) is 2.65. The van der Waals surface area contributed by atoms with E-state index in [1.54, 1.807) is 0 Å². The third-order valence-corrected chi connectivity index (χ3v) is 3.69. The van der Waals surface area contributed by atoms with Crippen LogP contribution in [0.4, 0.5) is 0 Å². The largest absolute Gasteiger partial charge is 0.301 e. The van der Waals surface area contributed by atoms with Gasteiger partial charge in [-0.3, -0.25) is 0 Å². The molecule has 0 saturated heterocycles. The number of hydroxylamine groups is 1. The molecular weight excluding hydrogens is 206 g/mol. The molecule has 2 nitrogen and oxygen atoms in total. The van der Waals surface area contributed by atoms with Gasteiger partial charge in [0.1, 0.15) is 0 Å². The van der Waals surface area contributed by atoms with Crippen molar-refractivity contribution in [2.75, 3.05) is 6.61 Å². The number of aryl methyl sites for hydroxylation is 1. The van der Waals surface area contributed by atoms with Crippen LogP contribution in [0, 0.1) is 5.92 Å². The molecule has 2 rings (SSSR count). The van der Waals surface area contributed by atoms with Crippen LogP contribution in [-0.4, -0.2) is 6.61 Å². The van der Waals surface area contributed by atoms with Gasteiger partial charge in [-0.05, 0) is 42.2 Å². The lowest BCUT2D eigenvalue weighted by molar-refractivity contribution is -0.00314. The molecule has 0 spiro atoms. The Balaban J connectivity index is 1.89. The van der Waals surface area contributed by atoms with Crippen molar-refractivity contribution in [3.8, 4) is 0 Å². The molecular formula is C12H19NOS. The number of thiophene rings is 1. The van der Waals surface area contributed by atoms with Crippen LogP contribution >= 0.6 is 11.3 Å². The highest BCUT2D eigenvalue weighted by Crippen LogP contribution is 2.33. The summed E-state index contributed by atoms with van der Waals surface area (Å²) in [6.07, 6.45) is 3.72. The molecule has 84 valence electrons. The van der Waals surface area contributed by atoms with Crippen LogP contribution in [0.2, 0.25) is 0 Å². The lowest BCUT2D eigenvalue weighted by atomic mass is 9.95. The molecule has 0 radical (unpaired) electrons. The fraction of sp³-hybridized carbons (Fsp3) is 0.667. The van der Waals surface area contributed by atoms with Gasteiger partial charge in [0.05, 0.1) is 12.6 Å². The van der Waals surface area contributed by atoms with Crippen LogP contribution in [0.25, 0.3) is 0 Å². The Morgan fingerprint density at radius 3 is 3.27 bits per heavy atom. The van der Waals surface area contributed by atoms with E-state index in [0.717, 1.165) is 6.61 Å². The normalized spacial score (nSPS) is 20.6. The van der Waals surface area contributed by atoms with Crippen molar-refractivity contribution in [3.63, 3.8) is 0 Å². The first-order valence-corrected chi connectivity index (χ1v) is 6.59. The minimum absolute atomic E-state index is 0.416. The lowest BCUT2D eigenvalue weighted by Gasteiger charge is -2.23. The molecule has 0 amide bonds. The van der Waals surface area contributed by atoms with Crippen molar-refractivity contribution in [2.24, 2.45) is 5.92 Å². The van der Waals surface area contributed by atoms with E-state index in [4.69, 9.17) is 4.84 Å². The fourth-order valence-corrected chi connectivity index (χ4v) is 2.91.